The highest BCUT2D eigenvalue weighted by molar-refractivity contribution is 6.76. The molecule has 0 amide bonds. The number of ether oxygens (including phenoxy) is 1. The maximum absolute atomic E-state index is 11.3. The second-order valence-electron chi connectivity index (χ2n) is 6.82. The Bertz CT molecular complexity index is 298. The van der Waals surface area contributed by atoms with Crippen LogP contribution < -0.4 is 0 Å². The largest absolute Gasteiger partial charge is 0.458 e. The topological polar surface area (TPSA) is 26.3 Å². The Kier molecular flexibility index (Phi) is 5.64. The van der Waals surface area contributed by atoms with Gasteiger partial charge in [-0.1, -0.05) is 45.5 Å². The van der Waals surface area contributed by atoms with Gasteiger partial charge >= 0.3 is 5.97 Å². The molecule has 0 aliphatic heterocycles. The summed E-state index contributed by atoms with van der Waals surface area (Å²) >= 11 is 0. The zero-order chi connectivity index (χ0) is 13.8. The van der Waals surface area contributed by atoms with E-state index in [0.717, 1.165) is 11.6 Å². The van der Waals surface area contributed by atoms with E-state index < -0.39 is 8.07 Å². The van der Waals surface area contributed by atoms with Gasteiger partial charge in [-0.2, -0.15) is 0 Å². The van der Waals surface area contributed by atoms with Crippen LogP contribution in [0, 0.1) is 5.92 Å². The molecule has 0 heterocycles. The van der Waals surface area contributed by atoms with Gasteiger partial charge in [0.15, 0.2) is 0 Å². The van der Waals surface area contributed by atoms with Crippen LogP contribution in [0.15, 0.2) is 12.2 Å². The first-order valence-corrected chi connectivity index (χ1v) is 10.9. The van der Waals surface area contributed by atoms with Gasteiger partial charge in [-0.25, -0.2) is 0 Å². The van der Waals surface area contributed by atoms with E-state index >= 15 is 0 Å². The van der Waals surface area contributed by atoms with Crippen molar-refractivity contribution in [1.29, 1.82) is 0 Å². The monoisotopic (exact) mass is 268 g/mol. The second-order valence-corrected chi connectivity index (χ2v) is 12.3. The fourth-order valence-electron chi connectivity index (χ4n) is 2.91. The van der Waals surface area contributed by atoms with Gasteiger partial charge in [-0.15, -0.1) is 0 Å². The van der Waals surface area contributed by atoms with Crippen LogP contribution in [0.3, 0.4) is 0 Å². The van der Waals surface area contributed by atoms with Crippen molar-refractivity contribution >= 4 is 14.0 Å². The Labute approximate surface area is 113 Å². The molecule has 18 heavy (non-hydrogen) atoms. The summed E-state index contributed by atoms with van der Waals surface area (Å²) in [5.41, 5.74) is 1.15. The summed E-state index contributed by atoms with van der Waals surface area (Å²) in [6, 6.07) is 1.06. The summed E-state index contributed by atoms with van der Waals surface area (Å²) in [4.78, 5) is 11.3. The molecule has 104 valence electrons. The third-order valence-electron chi connectivity index (χ3n) is 3.53. The first-order valence-electron chi connectivity index (χ1n) is 7.14. The molecule has 1 rings (SSSR count). The van der Waals surface area contributed by atoms with E-state index in [1.54, 1.807) is 0 Å². The van der Waals surface area contributed by atoms with E-state index in [2.05, 4.69) is 26.2 Å². The van der Waals surface area contributed by atoms with Crippen LogP contribution in [0.2, 0.25) is 25.7 Å². The number of carbonyl (C=O) groups excluding carboxylic acids is 1. The minimum atomic E-state index is -1.19. The molecule has 1 aliphatic rings. The minimum absolute atomic E-state index is 0.0328. The van der Waals surface area contributed by atoms with Crippen LogP contribution in [-0.2, 0) is 9.53 Å². The molecule has 2 nitrogen and oxygen atoms in total. The molecule has 1 atom stereocenters. The van der Waals surface area contributed by atoms with Crippen molar-refractivity contribution < 1.29 is 9.53 Å². The smallest absolute Gasteiger partial charge is 0.303 e. The van der Waals surface area contributed by atoms with Crippen LogP contribution in [0.1, 0.15) is 39.0 Å². The lowest BCUT2D eigenvalue weighted by Crippen LogP contribution is -2.33. The maximum atomic E-state index is 11.3. The highest BCUT2D eigenvalue weighted by Gasteiger charge is 2.30. The van der Waals surface area contributed by atoms with Crippen molar-refractivity contribution in [2.45, 2.75) is 70.8 Å². The first-order chi connectivity index (χ1) is 8.29. The molecule has 3 heteroatoms. The molecule has 0 saturated heterocycles. The average Bonchev–Trinajstić information content (AvgIpc) is 2.24. The van der Waals surface area contributed by atoms with Crippen LogP contribution >= 0.6 is 0 Å². The summed E-state index contributed by atoms with van der Waals surface area (Å²) < 4.78 is 5.58. The van der Waals surface area contributed by atoms with E-state index in [1.807, 2.05) is 0 Å². The molecule has 1 unspecified atom stereocenters. The standard InChI is InChI=1S/C15H28O2Si/c1-12(11-18(3,4)5)15(17-13(2)16)14-9-7-6-8-10-14/h14-15H,1,6-11H2,2-5H3. The van der Waals surface area contributed by atoms with Gasteiger partial charge in [-0.05, 0) is 30.4 Å². The van der Waals surface area contributed by atoms with E-state index in [0.29, 0.717) is 5.92 Å². The fourth-order valence-corrected chi connectivity index (χ4v) is 4.47. The molecular formula is C15H28O2Si. The van der Waals surface area contributed by atoms with Gasteiger partial charge in [0.25, 0.3) is 0 Å². The summed E-state index contributed by atoms with van der Waals surface area (Å²) in [6.07, 6.45) is 6.19. The van der Waals surface area contributed by atoms with Gasteiger partial charge in [0.1, 0.15) is 6.10 Å². The average molecular weight is 268 g/mol. The van der Waals surface area contributed by atoms with Crippen molar-refractivity contribution in [3.8, 4) is 0 Å². The van der Waals surface area contributed by atoms with Crippen LogP contribution in [-0.4, -0.2) is 20.1 Å². The zero-order valence-corrected chi connectivity index (χ0v) is 13.4. The Balaban J connectivity index is 2.70. The Hall–Kier alpha value is -0.573. The highest BCUT2D eigenvalue weighted by atomic mass is 28.3. The molecule has 0 spiro atoms. The van der Waals surface area contributed by atoms with Gasteiger partial charge in [0.2, 0.25) is 0 Å². The number of rotatable bonds is 5. The number of carbonyl (C=O) groups is 1. The molecular weight excluding hydrogens is 240 g/mol. The molecule has 0 radical (unpaired) electrons. The SMILES string of the molecule is C=C(C[Si](C)(C)C)C(OC(C)=O)C1CCCCC1. The lowest BCUT2D eigenvalue weighted by atomic mass is 9.83. The molecule has 0 N–H and O–H groups in total. The van der Waals surface area contributed by atoms with Crippen molar-refractivity contribution in [1.82, 2.24) is 0 Å². The summed E-state index contributed by atoms with van der Waals surface area (Å²) in [7, 11) is -1.19. The Morgan fingerprint density at radius 3 is 2.28 bits per heavy atom. The van der Waals surface area contributed by atoms with Crippen molar-refractivity contribution in [3.05, 3.63) is 12.2 Å². The number of hydrogen-bond acceptors (Lipinski definition) is 2. The van der Waals surface area contributed by atoms with Crippen molar-refractivity contribution in [2.24, 2.45) is 5.92 Å². The maximum Gasteiger partial charge on any atom is 0.303 e. The predicted molar refractivity (Wildman–Crippen MR) is 79.4 cm³/mol. The van der Waals surface area contributed by atoms with Gasteiger partial charge in [-0.3, -0.25) is 4.79 Å². The van der Waals surface area contributed by atoms with Crippen LogP contribution in [0.4, 0.5) is 0 Å². The van der Waals surface area contributed by atoms with Gasteiger partial charge in [0, 0.05) is 15.0 Å². The minimum Gasteiger partial charge on any atom is -0.458 e. The normalized spacial score (nSPS) is 19.3. The van der Waals surface area contributed by atoms with Crippen LogP contribution in [0.5, 0.6) is 0 Å². The van der Waals surface area contributed by atoms with Gasteiger partial charge in [0.05, 0.1) is 0 Å². The molecule has 0 aromatic rings. The van der Waals surface area contributed by atoms with E-state index in [-0.39, 0.29) is 12.1 Å². The third-order valence-corrected chi connectivity index (χ3v) is 5.05. The molecule has 0 aromatic carbocycles. The van der Waals surface area contributed by atoms with Crippen LogP contribution in [0.25, 0.3) is 0 Å². The Morgan fingerprint density at radius 1 is 1.28 bits per heavy atom. The lowest BCUT2D eigenvalue weighted by Gasteiger charge is -2.33. The fraction of sp³-hybridized carbons (Fsp3) is 0.800. The third kappa shape index (κ3) is 5.38. The van der Waals surface area contributed by atoms with E-state index in [1.165, 1.54) is 39.0 Å². The highest BCUT2D eigenvalue weighted by Crippen LogP contribution is 2.33. The molecule has 0 aromatic heterocycles. The number of esters is 1. The summed E-state index contributed by atoms with van der Waals surface area (Å²) in [5, 5.41) is 0. The first kappa shape index (κ1) is 15.5. The van der Waals surface area contributed by atoms with Crippen molar-refractivity contribution in [3.63, 3.8) is 0 Å². The zero-order valence-electron chi connectivity index (χ0n) is 12.4. The predicted octanol–water partition coefficient (Wildman–Crippen LogP) is 4.39. The summed E-state index contributed by atoms with van der Waals surface area (Å²) in [6.45, 7) is 12.7. The molecule has 1 aliphatic carbocycles. The quantitative estimate of drug-likeness (QED) is 0.420. The number of hydrogen-bond donors (Lipinski definition) is 0. The van der Waals surface area contributed by atoms with Crippen molar-refractivity contribution in [2.75, 3.05) is 0 Å². The second kappa shape index (κ2) is 6.55. The molecule has 1 fully saturated rings. The van der Waals surface area contributed by atoms with E-state index in [9.17, 15) is 4.79 Å². The molecule has 1 saturated carbocycles. The van der Waals surface area contributed by atoms with E-state index in [4.69, 9.17) is 4.74 Å². The Morgan fingerprint density at radius 2 is 1.83 bits per heavy atom. The molecule has 0 bridgehead atoms. The lowest BCUT2D eigenvalue weighted by molar-refractivity contribution is -0.147. The van der Waals surface area contributed by atoms with Gasteiger partial charge < -0.3 is 4.74 Å². The summed E-state index contributed by atoms with van der Waals surface area (Å²) in [5.74, 6) is 0.341.